The van der Waals surface area contributed by atoms with Crippen LogP contribution in [0.2, 0.25) is 0 Å². The minimum absolute atomic E-state index is 0.204. The predicted molar refractivity (Wildman–Crippen MR) is 109 cm³/mol. The lowest BCUT2D eigenvalue weighted by Gasteiger charge is -2.33. The van der Waals surface area contributed by atoms with E-state index in [1.807, 2.05) is 26.2 Å². The Bertz CT molecular complexity index is 1030. The van der Waals surface area contributed by atoms with E-state index in [9.17, 15) is 8.42 Å². The molecular formula is C17H22ClN7O2S. The summed E-state index contributed by atoms with van der Waals surface area (Å²) in [7, 11) is -0.285. The third-order valence-corrected chi connectivity index (χ3v) is 5.78. The van der Waals surface area contributed by atoms with Gasteiger partial charge in [0.25, 0.3) is 0 Å². The van der Waals surface area contributed by atoms with Crippen molar-refractivity contribution in [2.75, 3.05) is 12.4 Å². The van der Waals surface area contributed by atoms with Crippen molar-refractivity contribution in [3.8, 4) is 0 Å². The van der Waals surface area contributed by atoms with Gasteiger partial charge in [0.1, 0.15) is 5.82 Å². The average molecular weight is 424 g/mol. The lowest BCUT2D eigenvalue weighted by Crippen LogP contribution is -2.51. The van der Waals surface area contributed by atoms with Crippen molar-refractivity contribution >= 4 is 33.5 Å². The van der Waals surface area contributed by atoms with Crippen molar-refractivity contribution in [2.45, 2.75) is 24.2 Å². The van der Waals surface area contributed by atoms with E-state index in [1.54, 1.807) is 35.3 Å². The molecule has 1 aromatic carbocycles. The molecule has 3 rings (SSSR count). The van der Waals surface area contributed by atoms with E-state index >= 15 is 0 Å². The third-order valence-electron chi connectivity index (χ3n) is 4.08. The lowest BCUT2D eigenvalue weighted by molar-refractivity contribution is 0.440. The highest BCUT2D eigenvalue weighted by molar-refractivity contribution is 7.89. The number of aliphatic imine (C=N–C) groups is 1. The molecular weight excluding hydrogens is 402 g/mol. The molecule has 0 spiro atoms. The second kappa shape index (κ2) is 7.82. The highest BCUT2D eigenvalue weighted by Crippen LogP contribution is 2.20. The van der Waals surface area contributed by atoms with Crippen molar-refractivity contribution in [2.24, 2.45) is 12.0 Å². The largest absolute Gasteiger partial charge is 0.366 e. The van der Waals surface area contributed by atoms with Crippen LogP contribution < -0.4 is 20.7 Å². The fourth-order valence-electron chi connectivity index (χ4n) is 2.68. The fourth-order valence-corrected chi connectivity index (χ4v) is 3.64. The van der Waals surface area contributed by atoms with E-state index in [2.05, 4.69) is 30.8 Å². The summed E-state index contributed by atoms with van der Waals surface area (Å²) in [5, 5.41) is 14.2. The van der Waals surface area contributed by atoms with Gasteiger partial charge in [0, 0.05) is 26.0 Å². The quantitative estimate of drug-likeness (QED) is 0.533. The molecule has 1 aliphatic heterocycles. The van der Waals surface area contributed by atoms with Gasteiger partial charge in [-0.1, -0.05) is 23.7 Å². The Hall–Kier alpha value is -2.56. The Morgan fingerprint density at radius 1 is 1.36 bits per heavy atom. The molecule has 4 N–H and O–H groups in total. The standard InChI is InChI=1S/C17H22ClN7O2S/c1-17(23-13-9-22-25(3)11-13)21-10-15(18)16(24-17)20-8-12-5-4-6-14(7-12)28(26,27)19-2/h4-7,9-11,19-20,23-24H,8H2,1-3H3. The molecule has 2 heterocycles. The molecule has 2 aromatic rings. The van der Waals surface area contributed by atoms with Crippen LogP contribution in [0.4, 0.5) is 5.69 Å². The molecule has 1 atom stereocenters. The molecule has 0 amide bonds. The van der Waals surface area contributed by atoms with Crippen molar-refractivity contribution in [3.05, 3.63) is 53.1 Å². The highest BCUT2D eigenvalue weighted by Gasteiger charge is 2.27. The van der Waals surface area contributed by atoms with Crippen molar-refractivity contribution < 1.29 is 8.42 Å². The summed E-state index contributed by atoms with van der Waals surface area (Å²) >= 11 is 6.26. The van der Waals surface area contributed by atoms with Crippen LogP contribution in [0.5, 0.6) is 0 Å². The topological polar surface area (TPSA) is 112 Å². The summed E-state index contributed by atoms with van der Waals surface area (Å²) in [5.74, 6) is -0.237. The van der Waals surface area contributed by atoms with Crippen LogP contribution in [-0.4, -0.2) is 37.2 Å². The predicted octanol–water partition coefficient (Wildman–Crippen LogP) is 1.29. The molecule has 0 aliphatic carbocycles. The van der Waals surface area contributed by atoms with Gasteiger partial charge >= 0.3 is 0 Å². The normalized spacial score (nSPS) is 19.4. The molecule has 0 bridgehead atoms. The van der Waals surface area contributed by atoms with Gasteiger partial charge in [-0.25, -0.2) is 18.1 Å². The molecule has 1 aliphatic rings. The minimum atomic E-state index is -3.50. The van der Waals surface area contributed by atoms with Gasteiger partial charge in [-0.15, -0.1) is 0 Å². The first-order chi connectivity index (χ1) is 13.2. The van der Waals surface area contributed by atoms with Crippen LogP contribution in [0.3, 0.4) is 0 Å². The number of aromatic nitrogens is 2. The number of rotatable bonds is 7. The first kappa shape index (κ1) is 20.2. The average Bonchev–Trinajstić information content (AvgIpc) is 3.07. The number of nitrogens with zero attached hydrogens (tertiary/aromatic N) is 3. The van der Waals surface area contributed by atoms with Gasteiger partial charge in [0.15, 0.2) is 0 Å². The van der Waals surface area contributed by atoms with E-state index in [-0.39, 0.29) is 4.90 Å². The molecule has 0 saturated heterocycles. The van der Waals surface area contributed by atoms with E-state index in [0.717, 1.165) is 11.3 Å². The fraction of sp³-hybridized carbons (Fsp3) is 0.294. The smallest absolute Gasteiger partial charge is 0.240 e. The molecule has 1 unspecified atom stereocenters. The first-order valence-corrected chi connectivity index (χ1v) is 10.3. The van der Waals surface area contributed by atoms with Crippen LogP contribution in [0, 0.1) is 0 Å². The monoisotopic (exact) mass is 423 g/mol. The van der Waals surface area contributed by atoms with Gasteiger partial charge in [-0.05, 0) is 31.7 Å². The second-order valence-electron chi connectivity index (χ2n) is 6.41. The summed E-state index contributed by atoms with van der Waals surface area (Å²) in [6.07, 6.45) is 5.10. The van der Waals surface area contributed by atoms with Crippen molar-refractivity contribution in [1.29, 1.82) is 0 Å². The summed E-state index contributed by atoms with van der Waals surface area (Å²) in [5.41, 5.74) is 1.59. The number of sulfonamides is 1. The van der Waals surface area contributed by atoms with Gasteiger partial charge < -0.3 is 16.0 Å². The minimum Gasteiger partial charge on any atom is -0.366 e. The maximum atomic E-state index is 12.0. The molecule has 150 valence electrons. The second-order valence-corrected chi connectivity index (χ2v) is 8.71. The molecule has 1 aromatic heterocycles. The van der Waals surface area contributed by atoms with Crippen molar-refractivity contribution in [1.82, 2.24) is 25.1 Å². The Balaban J connectivity index is 1.70. The van der Waals surface area contributed by atoms with Crippen LogP contribution in [0.15, 0.2) is 57.4 Å². The maximum Gasteiger partial charge on any atom is 0.240 e. The number of hydrogen-bond donors (Lipinski definition) is 4. The maximum absolute atomic E-state index is 12.0. The first-order valence-electron chi connectivity index (χ1n) is 8.47. The number of nitrogens with one attached hydrogen (secondary N) is 4. The summed E-state index contributed by atoms with van der Waals surface area (Å²) in [4.78, 5) is 4.61. The van der Waals surface area contributed by atoms with Crippen LogP contribution in [0.1, 0.15) is 12.5 Å². The highest BCUT2D eigenvalue weighted by atomic mass is 35.5. The Kier molecular flexibility index (Phi) is 5.64. The Morgan fingerprint density at radius 3 is 2.82 bits per heavy atom. The third kappa shape index (κ3) is 4.64. The number of benzene rings is 1. The molecule has 0 fully saturated rings. The van der Waals surface area contributed by atoms with E-state index in [1.165, 1.54) is 7.05 Å². The zero-order chi connectivity index (χ0) is 20.4. The van der Waals surface area contributed by atoms with Gasteiger partial charge in [-0.2, -0.15) is 5.10 Å². The SMILES string of the molecule is CNS(=O)(=O)c1cccc(CNC2=C(Cl)C=NC(C)(Nc3cnn(C)c3)N2)c1. The number of hydrogen-bond acceptors (Lipinski definition) is 7. The number of allylic oxidation sites excluding steroid dienone is 1. The zero-order valence-electron chi connectivity index (χ0n) is 15.7. The van der Waals surface area contributed by atoms with Crippen molar-refractivity contribution in [3.63, 3.8) is 0 Å². The van der Waals surface area contributed by atoms with Crippen LogP contribution >= 0.6 is 11.6 Å². The van der Waals surface area contributed by atoms with Gasteiger partial charge in [0.05, 0.1) is 21.8 Å². The molecule has 9 nitrogen and oxygen atoms in total. The van der Waals surface area contributed by atoms with Gasteiger partial charge in [-0.3, -0.25) is 4.68 Å². The molecule has 0 saturated carbocycles. The van der Waals surface area contributed by atoms with Gasteiger partial charge in [0.2, 0.25) is 15.8 Å². The molecule has 28 heavy (non-hydrogen) atoms. The number of anilines is 1. The molecule has 0 radical (unpaired) electrons. The van der Waals surface area contributed by atoms with E-state index in [4.69, 9.17) is 11.6 Å². The van der Waals surface area contributed by atoms with Crippen LogP contribution in [0.25, 0.3) is 0 Å². The molecule has 11 heteroatoms. The number of aryl methyl sites for hydroxylation is 1. The lowest BCUT2D eigenvalue weighted by atomic mass is 10.2. The Labute approximate surface area is 168 Å². The summed E-state index contributed by atoms with van der Waals surface area (Å²) < 4.78 is 27.9. The van der Waals surface area contributed by atoms with E-state index < -0.39 is 15.8 Å². The van der Waals surface area contributed by atoms with E-state index in [0.29, 0.717) is 17.4 Å². The Morgan fingerprint density at radius 2 is 2.14 bits per heavy atom. The summed E-state index contributed by atoms with van der Waals surface area (Å²) in [6, 6.07) is 6.68. The number of halogens is 1. The zero-order valence-corrected chi connectivity index (χ0v) is 17.3. The van der Waals surface area contributed by atoms with Crippen LogP contribution in [-0.2, 0) is 23.6 Å². The summed E-state index contributed by atoms with van der Waals surface area (Å²) in [6.45, 7) is 2.24.